The zero-order valence-electron chi connectivity index (χ0n) is 16.2. The molecule has 4 heterocycles. The molecule has 4 rings (SSSR count). The fourth-order valence-corrected chi connectivity index (χ4v) is 3.03. The van der Waals surface area contributed by atoms with E-state index in [9.17, 15) is 9.59 Å². The second kappa shape index (κ2) is 8.62. The molecule has 0 saturated carbocycles. The molecular weight excluding hydrogens is 386 g/mol. The van der Waals surface area contributed by atoms with Crippen LogP contribution in [-0.2, 0) is 23.8 Å². The molecule has 2 N–H and O–H groups in total. The third kappa shape index (κ3) is 3.81. The molecule has 0 radical (unpaired) electrons. The number of aromatic nitrogens is 2. The van der Waals surface area contributed by atoms with Gasteiger partial charge in [0.25, 0.3) is 0 Å². The number of carbonyl (C=O) groups is 2. The van der Waals surface area contributed by atoms with Crippen LogP contribution >= 0.6 is 0 Å². The number of hydrogen-bond acceptors (Lipinski definition) is 7. The van der Waals surface area contributed by atoms with E-state index >= 15 is 0 Å². The Morgan fingerprint density at radius 2 is 2.17 bits per heavy atom. The molecule has 8 nitrogen and oxygen atoms in total. The summed E-state index contributed by atoms with van der Waals surface area (Å²) in [5, 5.41) is 3.84. The minimum absolute atomic E-state index is 0.0216. The molecule has 0 atom stereocenters. The highest BCUT2D eigenvalue weighted by atomic mass is 16.6. The average Bonchev–Trinajstić information content (AvgIpc) is 3.17. The second-order valence-electron chi connectivity index (χ2n) is 6.38. The Kier molecular flexibility index (Phi) is 5.58. The zero-order valence-corrected chi connectivity index (χ0v) is 16.2. The van der Waals surface area contributed by atoms with Gasteiger partial charge in [-0.2, -0.15) is 0 Å². The van der Waals surface area contributed by atoms with Crippen LogP contribution in [0.2, 0.25) is 0 Å². The van der Waals surface area contributed by atoms with Gasteiger partial charge in [-0.15, -0.1) is 0 Å². The molecule has 0 unspecified atom stereocenters. The van der Waals surface area contributed by atoms with Crippen molar-refractivity contribution in [2.75, 3.05) is 20.3 Å². The van der Waals surface area contributed by atoms with Gasteiger partial charge in [-0.3, -0.25) is 4.79 Å². The SMILES string of the molecule is COCCOC(=O)C1=C(C2=CC=CC=CN2)OC(=Cc2c[nH]c3ncccc23)C1=O. The van der Waals surface area contributed by atoms with E-state index in [4.69, 9.17) is 14.2 Å². The number of methoxy groups -OCH3 is 1. The van der Waals surface area contributed by atoms with Gasteiger partial charge in [0.2, 0.25) is 5.78 Å². The summed E-state index contributed by atoms with van der Waals surface area (Å²) in [6, 6.07) is 3.68. The molecule has 0 aromatic carbocycles. The lowest BCUT2D eigenvalue weighted by atomic mass is 10.1. The van der Waals surface area contributed by atoms with Gasteiger partial charge in [-0.25, -0.2) is 9.78 Å². The molecule has 2 aromatic heterocycles. The number of Topliss-reactive ketones (excluding diaryl/α,β-unsaturated/α-hetero) is 1. The number of carbonyl (C=O) groups excluding carboxylic acids is 2. The van der Waals surface area contributed by atoms with E-state index in [2.05, 4.69) is 15.3 Å². The van der Waals surface area contributed by atoms with Crippen LogP contribution in [0, 0.1) is 0 Å². The molecule has 0 spiro atoms. The van der Waals surface area contributed by atoms with Gasteiger partial charge in [-0.1, -0.05) is 12.2 Å². The van der Waals surface area contributed by atoms with Gasteiger partial charge in [0.15, 0.2) is 17.1 Å². The molecule has 0 bridgehead atoms. The summed E-state index contributed by atoms with van der Waals surface area (Å²) in [4.78, 5) is 33.0. The quantitative estimate of drug-likeness (QED) is 0.329. The first-order valence-electron chi connectivity index (χ1n) is 9.26. The van der Waals surface area contributed by atoms with Crippen LogP contribution in [0.3, 0.4) is 0 Å². The molecule has 0 fully saturated rings. The lowest BCUT2D eigenvalue weighted by Gasteiger charge is -2.09. The van der Waals surface area contributed by atoms with E-state index in [1.165, 1.54) is 7.11 Å². The monoisotopic (exact) mass is 405 g/mol. The van der Waals surface area contributed by atoms with Crippen LogP contribution in [0.4, 0.5) is 0 Å². The number of ether oxygens (including phenoxy) is 3. The summed E-state index contributed by atoms with van der Waals surface area (Å²) < 4.78 is 15.9. The maximum Gasteiger partial charge on any atom is 0.346 e. The third-order valence-corrected chi connectivity index (χ3v) is 4.45. The summed E-state index contributed by atoms with van der Waals surface area (Å²) in [6.45, 7) is 0.250. The molecule has 0 aliphatic carbocycles. The molecule has 2 aliphatic rings. The van der Waals surface area contributed by atoms with Crippen molar-refractivity contribution in [1.29, 1.82) is 0 Å². The van der Waals surface area contributed by atoms with Crippen molar-refractivity contribution >= 4 is 28.9 Å². The predicted molar refractivity (Wildman–Crippen MR) is 110 cm³/mol. The Morgan fingerprint density at radius 3 is 3.03 bits per heavy atom. The number of ketones is 1. The van der Waals surface area contributed by atoms with Gasteiger partial charge in [0.1, 0.15) is 12.3 Å². The molecular formula is C22H19N3O5. The predicted octanol–water partition coefficient (Wildman–Crippen LogP) is 2.50. The highest BCUT2D eigenvalue weighted by molar-refractivity contribution is 6.27. The fourth-order valence-electron chi connectivity index (χ4n) is 3.03. The molecule has 0 amide bonds. The van der Waals surface area contributed by atoms with Gasteiger partial charge < -0.3 is 24.5 Å². The highest BCUT2D eigenvalue weighted by Crippen LogP contribution is 2.32. The van der Waals surface area contributed by atoms with Crippen molar-refractivity contribution in [2.24, 2.45) is 0 Å². The topological polar surface area (TPSA) is 103 Å². The number of nitrogens with zero attached hydrogens (tertiary/aromatic N) is 1. The summed E-state index contributed by atoms with van der Waals surface area (Å²) in [6.07, 6.45) is 13.7. The maximum absolute atomic E-state index is 13.1. The number of fused-ring (bicyclic) bond motifs is 1. The number of nitrogens with one attached hydrogen (secondary N) is 2. The number of allylic oxidation sites excluding steroid dienone is 5. The van der Waals surface area contributed by atoms with E-state index in [0.29, 0.717) is 11.3 Å². The van der Waals surface area contributed by atoms with Crippen molar-refractivity contribution in [2.45, 2.75) is 0 Å². The number of aromatic amines is 1. The first-order chi connectivity index (χ1) is 14.7. The minimum atomic E-state index is -0.768. The fraction of sp³-hybridized carbons (Fsp3) is 0.136. The lowest BCUT2D eigenvalue weighted by Crippen LogP contribution is -2.18. The zero-order chi connectivity index (χ0) is 20.9. The van der Waals surface area contributed by atoms with E-state index in [1.807, 2.05) is 12.1 Å². The van der Waals surface area contributed by atoms with Crippen molar-refractivity contribution in [3.8, 4) is 0 Å². The van der Waals surface area contributed by atoms with Crippen LogP contribution in [0.15, 0.2) is 77.8 Å². The largest absolute Gasteiger partial charge is 0.459 e. The van der Waals surface area contributed by atoms with E-state index < -0.39 is 11.8 Å². The van der Waals surface area contributed by atoms with Crippen molar-refractivity contribution < 1.29 is 23.8 Å². The number of H-pyrrole nitrogens is 1. The standard InChI is InChI=1S/C22H19N3O5/c1-28-10-11-29-22(27)18-19(26)17(30-20(18)16-7-3-2-4-8-23-16)12-14-13-25-21-15(14)6-5-9-24-21/h2-9,12-13,23H,10-11H2,1H3,(H,24,25). The first-order valence-corrected chi connectivity index (χ1v) is 9.26. The Hall–Kier alpha value is -3.91. The summed E-state index contributed by atoms with van der Waals surface area (Å²) in [5.41, 5.74) is 1.71. The molecule has 8 heteroatoms. The van der Waals surface area contributed by atoms with E-state index in [-0.39, 0.29) is 30.3 Å². The van der Waals surface area contributed by atoms with Crippen LogP contribution < -0.4 is 5.32 Å². The molecule has 30 heavy (non-hydrogen) atoms. The number of hydrogen-bond donors (Lipinski definition) is 2. The molecule has 152 valence electrons. The minimum Gasteiger partial charge on any atom is -0.459 e. The van der Waals surface area contributed by atoms with Gasteiger partial charge in [-0.05, 0) is 30.4 Å². The Bertz CT molecular complexity index is 1150. The molecule has 0 saturated heterocycles. The molecule has 2 aliphatic heterocycles. The van der Waals surface area contributed by atoms with Crippen LogP contribution in [-0.4, -0.2) is 42.0 Å². The Morgan fingerprint density at radius 1 is 1.27 bits per heavy atom. The van der Waals surface area contributed by atoms with Crippen molar-refractivity contribution in [3.63, 3.8) is 0 Å². The van der Waals surface area contributed by atoms with Gasteiger partial charge in [0.05, 0.1) is 12.3 Å². The third-order valence-electron chi connectivity index (χ3n) is 4.45. The number of pyridine rings is 1. The number of rotatable bonds is 6. The van der Waals surface area contributed by atoms with Gasteiger partial charge >= 0.3 is 5.97 Å². The van der Waals surface area contributed by atoms with Crippen LogP contribution in [0.25, 0.3) is 17.1 Å². The highest BCUT2D eigenvalue weighted by Gasteiger charge is 2.38. The van der Waals surface area contributed by atoms with E-state index in [0.717, 1.165) is 10.9 Å². The summed E-state index contributed by atoms with van der Waals surface area (Å²) in [7, 11) is 1.50. The van der Waals surface area contributed by atoms with Crippen LogP contribution in [0.1, 0.15) is 5.56 Å². The summed E-state index contributed by atoms with van der Waals surface area (Å²) >= 11 is 0. The normalized spacial score (nSPS) is 17.2. The maximum atomic E-state index is 13.1. The Labute approximate surface area is 172 Å². The first kappa shape index (κ1) is 19.4. The summed E-state index contributed by atoms with van der Waals surface area (Å²) in [5.74, 6) is -1.18. The van der Waals surface area contributed by atoms with Gasteiger partial charge in [0, 0.05) is 36.7 Å². The molecule has 2 aromatic rings. The number of esters is 1. The van der Waals surface area contributed by atoms with Crippen molar-refractivity contribution in [1.82, 2.24) is 15.3 Å². The lowest BCUT2D eigenvalue weighted by molar-refractivity contribution is -0.141. The van der Waals surface area contributed by atoms with Crippen molar-refractivity contribution in [3.05, 3.63) is 83.4 Å². The average molecular weight is 405 g/mol. The second-order valence-corrected chi connectivity index (χ2v) is 6.38. The van der Waals surface area contributed by atoms with Crippen LogP contribution in [0.5, 0.6) is 0 Å². The smallest absolute Gasteiger partial charge is 0.346 e. The van der Waals surface area contributed by atoms with E-state index in [1.54, 1.807) is 49.0 Å². The Balaban J connectivity index is 1.71.